The van der Waals surface area contributed by atoms with Crippen LogP contribution in [0.2, 0.25) is 0 Å². The Morgan fingerprint density at radius 3 is 2.65 bits per heavy atom. The lowest BCUT2D eigenvalue weighted by molar-refractivity contribution is 0.200. The number of aromatic nitrogens is 4. The van der Waals surface area contributed by atoms with E-state index in [1.807, 2.05) is 12.1 Å². The predicted molar refractivity (Wildman–Crippen MR) is 95.6 cm³/mol. The standard InChI is InChI=1S/C19H21N5O2/c1-25-16-4-2-14(3-5-16)13-24-10-6-15(7-11-24)18-22-19(26-23-18)17-12-20-8-9-21-17/h2-5,8-9,12,15H,6-7,10-11,13H2,1H3. The first-order chi connectivity index (χ1) is 12.8. The first-order valence-corrected chi connectivity index (χ1v) is 8.77. The number of methoxy groups -OCH3 is 1. The average molecular weight is 351 g/mol. The van der Waals surface area contributed by atoms with Crippen molar-refractivity contribution in [2.75, 3.05) is 20.2 Å². The second-order valence-electron chi connectivity index (χ2n) is 6.45. The van der Waals surface area contributed by atoms with Gasteiger partial charge < -0.3 is 9.26 Å². The van der Waals surface area contributed by atoms with Crippen LogP contribution >= 0.6 is 0 Å². The lowest BCUT2D eigenvalue weighted by Gasteiger charge is -2.30. The van der Waals surface area contributed by atoms with Crippen molar-refractivity contribution in [2.24, 2.45) is 0 Å². The van der Waals surface area contributed by atoms with E-state index in [1.54, 1.807) is 25.7 Å². The van der Waals surface area contributed by atoms with Crippen LogP contribution in [0.15, 0.2) is 47.4 Å². The molecule has 0 amide bonds. The van der Waals surface area contributed by atoms with Crippen molar-refractivity contribution >= 4 is 0 Å². The molecule has 26 heavy (non-hydrogen) atoms. The Morgan fingerprint density at radius 1 is 1.15 bits per heavy atom. The van der Waals surface area contributed by atoms with Crippen LogP contribution in [-0.4, -0.2) is 45.2 Å². The summed E-state index contributed by atoms with van der Waals surface area (Å²) in [6, 6.07) is 8.26. The fraction of sp³-hybridized carbons (Fsp3) is 0.368. The molecule has 1 saturated heterocycles. The van der Waals surface area contributed by atoms with Crippen LogP contribution in [-0.2, 0) is 6.54 Å². The Balaban J connectivity index is 1.34. The number of rotatable bonds is 5. The van der Waals surface area contributed by atoms with Crippen LogP contribution in [0.4, 0.5) is 0 Å². The summed E-state index contributed by atoms with van der Waals surface area (Å²) in [5, 5.41) is 4.16. The number of piperidine rings is 1. The Labute approximate surface area is 152 Å². The van der Waals surface area contributed by atoms with Gasteiger partial charge in [-0.2, -0.15) is 4.98 Å². The molecule has 0 saturated carbocycles. The summed E-state index contributed by atoms with van der Waals surface area (Å²) in [6.07, 6.45) is 6.93. The van der Waals surface area contributed by atoms with Gasteiger partial charge in [0.05, 0.1) is 13.3 Å². The summed E-state index contributed by atoms with van der Waals surface area (Å²) in [7, 11) is 1.69. The molecular formula is C19H21N5O2. The molecule has 0 unspecified atom stereocenters. The Kier molecular flexibility index (Phi) is 4.88. The van der Waals surface area contributed by atoms with E-state index in [0.29, 0.717) is 17.5 Å². The molecule has 1 aromatic carbocycles. The van der Waals surface area contributed by atoms with Crippen molar-refractivity contribution in [3.8, 4) is 17.3 Å². The Morgan fingerprint density at radius 2 is 1.96 bits per heavy atom. The van der Waals surface area contributed by atoms with E-state index in [0.717, 1.165) is 44.0 Å². The van der Waals surface area contributed by atoms with Crippen LogP contribution < -0.4 is 4.74 Å². The summed E-state index contributed by atoms with van der Waals surface area (Å²) in [5.74, 6) is 2.43. The zero-order valence-corrected chi connectivity index (χ0v) is 14.7. The van der Waals surface area contributed by atoms with E-state index in [4.69, 9.17) is 9.26 Å². The molecule has 7 nitrogen and oxygen atoms in total. The van der Waals surface area contributed by atoms with Crippen LogP contribution in [0, 0.1) is 0 Å². The van der Waals surface area contributed by atoms with Crippen molar-refractivity contribution in [2.45, 2.75) is 25.3 Å². The van der Waals surface area contributed by atoms with Crippen molar-refractivity contribution in [3.63, 3.8) is 0 Å². The SMILES string of the molecule is COc1ccc(CN2CCC(c3noc(-c4cnccn4)n3)CC2)cc1. The van der Waals surface area contributed by atoms with E-state index in [1.165, 1.54) is 5.56 Å². The van der Waals surface area contributed by atoms with E-state index in [-0.39, 0.29) is 0 Å². The van der Waals surface area contributed by atoms with Crippen LogP contribution in [0.1, 0.15) is 30.1 Å². The Bertz CT molecular complexity index is 827. The quantitative estimate of drug-likeness (QED) is 0.699. The van der Waals surface area contributed by atoms with Crippen molar-refractivity contribution < 1.29 is 9.26 Å². The molecule has 1 aliphatic rings. The average Bonchev–Trinajstić information content (AvgIpc) is 3.20. The molecule has 1 aliphatic heterocycles. The topological polar surface area (TPSA) is 77.2 Å². The minimum absolute atomic E-state index is 0.330. The lowest BCUT2D eigenvalue weighted by atomic mass is 9.96. The van der Waals surface area contributed by atoms with E-state index in [9.17, 15) is 0 Å². The second-order valence-corrected chi connectivity index (χ2v) is 6.45. The predicted octanol–water partition coefficient (Wildman–Crippen LogP) is 2.91. The Hall–Kier alpha value is -2.80. The molecule has 1 fully saturated rings. The fourth-order valence-electron chi connectivity index (χ4n) is 3.25. The summed E-state index contributed by atoms with van der Waals surface area (Å²) in [5.41, 5.74) is 1.91. The molecule has 3 heterocycles. The van der Waals surface area contributed by atoms with E-state index >= 15 is 0 Å². The third-order valence-corrected chi connectivity index (χ3v) is 4.74. The molecule has 0 atom stereocenters. The van der Waals surface area contributed by atoms with Gasteiger partial charge in [0.25, 0.3) is 5.89 Å². The largest absolute Gasteiger partial charge is 0.497 e. The highest BCUT2D eigenvalue weighted by molar-refractivity contribution is 5.43. The monoisotopic (exact) mass is 351 g/mol. The maximum Gasteiger partial charge on any atom is 0.278 e. The molecule has 2 aromatic heterocycles. The summed E-state index contributed by atoms with van der Waals surface area (Å²) in [4.78, 5) is 15.2. The highest BCUT2D eigenvalue weighted by Crippen LogP contribution is 2.28. The lowest BCUT2D eigenvalue weighted by Crippen LogP contribution is -2.32. The third kappa shape index (κ3) is 3.72. The zero-order valence-electron chi connectivity index (χ0n) is 14.7. The van der Waals surface area contributed by atoms with Crippen molar-refractivity contribution in [1.29, 1.82) is 0 Å². The first-order valence-electron chi connectivity index (χ1n) is 8.77. The first kappa shape index (κ1) is 16.7. The fourth-order valence-corrected chi connectivity index (χ4v) is 3.25. The molecule has 0 aliphatic carbocycles. The molecule has 3 aromatic rings. The number of likely N-dealkylation sites (tertiary alicyclic amines) is 1. The van der Waals surface area contributed by atoms with Gasteiger partial charge in [0, 0.05) is 24.9 Å². The smallest absolute Gasteiger partial charge is 0.278 e. The normalized spacial score (nSPS) is 15.9. The minimum atomic E-state index is 0.330. The molecule has 4 rings (SSSR count). The highest BCUT2D eigenvalue weighted by atomic mass is 16.5. The molecular weight excluding hydrogens is 330 g/mol. The molecule has 7 heteroatoms. The van der Waals surface area contributed by atoms with Gasteiger partial charge in [-0.05, 0) is 43.6 Å². The van der Waals surface area contributed by atoms with Gasteiger partial charge in [-0.25, -0.2) is 4.98 Å². The number of hydrogen-bond acceptors (Lipinski definition) is 7. The van der Waals surface area contributed by atoms with Gasteiger partial charge in [-0.1, -0.05) is 17.3 Å². The van der Waals surface area contributed by atoms with Crippen molar-refractivity contribution in [1.82, 2.24) is 25.0 Å². The van der Waals surface area contributed by atoms with Crippen LogP contribution in [0.5, 0.6) is 5.75 Å². The summed E-state index contributed by atoms with van der Waals surface area (Å²) < 4.78 is 10.6. The number of hydrogen-bond donors (Lipinski definition) is 0. The maximum absolute atomic E-state index is 5.36. The van der Waals surface area contributed by atoms with Crippen LogP contribution in [0.25, 0.3) is 11.6 Å². The number of benzene rings is 1. The third-order valence-electron chi connectivity index (χ3n) is 4.74. The summed E-state index contributed by atoms with van der Waals surface area (Å²) >= 11 is 0. The van der Waals surface area contributed by atoms with Crippen molar-refractivity contribution in [3.05, 3.63) is 54.2 Å². The molecule has 0 spiro atoms. The van der Waals surface area contributed by atoms with Crippen LogP contribution in [0.3, 0.4) is 0 Å². The number of nitrogens with zero attached hydrogens (tertiary/aromatic N) is 5. The second kappa shape index (κ2) is 7.61. The van der Waals surface area contributed by atoms with Gasteiger partial charge in [0.2, 0.25) is 0 Å². The van der Waals surface area contributed by atoms with Gasteiger partial charge in [-0.3, -0.25) is 9.88 Å². The van der Waals surface area contributed by atoms with Gasteiger partial charge in [0.15, 0.2) is 5.82 Å². The molecule has 0 N–H and O–H groups in total. The number of ether oxygens (including phenoxy) is 1. The molecule has 134 valence electrons. The molecule has 0 bridgehead atoms. The maximum atomic E-state index is 5.36. The highest BCUT2D eigenvalue weighted by Gasteiger charge is 2.25. The zero-order chi connectivity index (χ0) is 17.8. The van der Waals surface area contributed by atoms with Gasteiger partial charge in [0.1, 0.15) is 11.4 Å². The van der Waals surface area contributed by atoms with Gasteiger partial charge >= 0.3 is 0 Å². The summed E-state index contributed by atoms with van der Waals surface area (Å²) in [6.45, 7) is 2.99. The molecule has 0 radical (unpaired) electrons. The van der Waals surface area contributed by atoms with E-state index < -0.39 is 0 Å². The van der Waals surface area contributed by atoms with Gasteiger partial charge in [-0.15, -0.1) is 0 Å². The van der Waals surface area contributed by atoms with E-state index in [2.05, 4.69) is 37.1 Å². The minimum Gasteiger partial charge on any atom is -0.497 e.